The van der Waals surface area contributed by atoms with E-state index in [-0.39, 0.29) is 0 Å². The van der Waals surface area contributed by atoms with E-state index in [1.807, 2.05) is 0 Å². The molecule has 0 atom stereocenters. The van der Waals surface area contributed by atoms with Crippen molar-refractivity contribution < 1.29 is 9.47 Å². The predicted octanol–water partition coefficient (Wildman–Crippen LogP) is 0.543. The van der Waals surface area contributed by atoms with Crippen LogP contribution in [0.5, 0.6) is 11.5 Å². The van der Waals surface area contributed by atoms with Crippen molar-refractivity contribution >= 4 is 0 Å². The summed E-state index contributed by atoms with van der Waals surface area (Å²) in [6.45, 7) is 0. The number of hydrogen-bond acceptors (Lipinski definition) is 4. The number of nitrogens with one attached hydrogen (secondary N) is 1. The molecule has 94 valence electrons. The lowest BCUT2D eigenvalue weighted by molar-refractivity contribution is 0.393. The van der Waals surface area contributed by atoms with Gasteiger partial charge in [0.15, 0.2) is 0 Å². The van der Waals surface area contributed by atoms with Gasteiger partial charge in [-0.2, -0.15) is 0 Å². The summed E-state index contributed by atoms with van der Waals surface area (Å²) in [6.07, 6.45) is 1.39. The summed E-state index contributed by atoms with van der Waals surface area (Å²) >= 11 is 0. The second-order valence-corrected chi connectivity index (χ2v) is 3.52. The average Bonchev–Trinajstić information content (AvgIpc) is 2.38. The molecule has 0 saturated carbocycles. The normalized spacial score (nSPS) is 10.1. The van der Waals surface area contributed by atoms with Gasteiger partial charge in [0, 0.05) is 18.3 Å². The third kappa shape index (κ3) is 2.13. The maximum Gasteiger partial charge on any atom is 0.333 e. The van der Waals surface area contributed by atoms with Gasteiger partial charge in [0.2, 0.25) is 0 Å². The van der Waals surface area contributed by atoms with Gasteiger partial charge in [-0.25, -0.2) is 4.79 Å². The molecular formula is C12H12N2O4. The lowest BCUT2D eigenvalue weighted by atomic mass is 10.2. The Labute approximate surface area is 102 Å². The van der Waals surface area contributed by atoms with Crippen molar-refractivity contribution in [2.45, 2.75) is 0 Å². The minimum absolute atomic E-state index is 0.441. The lowest BCUT2D eigenvalue weighted by Gasteiger charge is -2.11. The number of rotatable bonds is 3. The highest BCUT2D eigenvalue weighted by molar-refractivity contribution is 5.50. The SMILES string of the molecule is COc1ccc(-n2ccc(=O)[nH]c2=O)c(OC)c1. The Morgan fingerprint density at radius 3 is 2.50 bits per heavy atom. The number of ether oxygens (including phenoxy) is 2. The van der Waals surface area contributed by atoms with Gasteiger partial charge < -0.3 is 9.47 Å². The standard InChI is InChI=1S/C12H12N2O4/c1-17-8-3-4-9(10(7-8)18-2)14-6-5-11(15)13-12(14)16/h3-7H,1-2H3,(H,13,15,16). The topological polar surface area (TPSA) is 73.3 Å². The van der Waals surface area contributed by atoms with Gasteiger partial charge in [-0.3, -0.25) is 14.3 Å². The Balaban J connectivity index is 2.63. The van der Waals surface area contributed by atoms with Crippen LogP contribution in [-0.2, 0) is 0 Å². The van der Waals surface area contributed by atoms with Crippen LogP contribution < -0.4 is 20.7 Å². The van der Waals surface area contributed by atoms with Gasteiger partial charge >= 0.3 is 5.69 Å². The highest BCUT2D eigenvalue weighted by Gasteiger charge is 2.08. The summed E-state index contributed by atoms with van der Waals surface area (Å²) in [4.78, 5) is 24.9. The van der Waals surface area contributed by atoms with E-state index in [0.717, 1.165) is 0 Å². The van der Waals surface area contributed by atoms with Crippen LogP contribution in [0, 0.1) is 0 Å². The number of aromatic amines is 1. The number of aromatic nitrogens is 2. The molecule has 2 rings (SSSR count). The van der Waals surface area contributed by atoms with Crippen molar-refractivity contribution in [1.29, 1.82) is 0 Å². The fourth-order valence-electron chi connectivity index (χ4n) is 1.59. The summed E-state index contributed by atoms with van der Waals surface area (Å²) in [6, 6.07) is 6.31. The lowest BCUT2D eigenvalue weighted by Crippen LogP contribution is -2.27. The van der Waals surface area contributed by atoms with Crippen LogP contribution in [-0.4, -0.2) is 23.8 Å². The first-order valence-corrected chi connectivity index (χ1v) is 5.20. The molecule has 0 aliphatic rings. The highest BCUT2D eigenvalue weighted by atomic mass is 16.5. The maximum atomic E-state index is 11.7. The van der Waals surface area contributed by atoms with E-state index in [4.69, 9.17) is 9.47 Å². The first-order chi connectivity index (χ1) is 8.65. The summed E-state index contributed by atoms with van der Waals surface area (Å²) < 4.78 is 11.6. The fourth-order valence-corrected chi connectivity index (χ4v) is 1.59. The zero-order chi connectivity index (χ0) is 13.1. The highest BCUT2D eigenvalue weighted by Crippen LogP contribution is 2.26. The van der Waals surface area contributed by atoms with Crippen LogP contribution in [0.4, 0.5) is 0 Å². The number of hydrogen-bond donors (Lipinski definition) is 1. The molecule has 0 aliphatic carbocycles. The van der Waals surface area contributed by atoms with E-state index < -0.39 is 11.2 Å². The van der Waals surface area contributed by atoms with E-state index >= 15 is 0 Å². The Bertz CT molecular complexity index is 672. The molecule has 18 heavy (non-hydrogen) atoms. The first kappa shape index (κ1) is 12.0. The van der Waals surface area contributed by atoms with Crippen LogP contribution in [0.3, 0.4) is 0 Å². The molecule has 1 heterocycles. The zero-order valence-corrected chi connectivity index (χ0v) is 9.97. The van der Waals surface area contributed by atoms with Crippen molar-refractivity contribution in [1.82, 2.24) is 9.55 Å². The number of H-pyrrole nitrogens is 1. The molecule has 0 fully saturated rings. The second-order valence-electron chi connectivity index (χ2n) is 3.52. The third-order valence-corrected chi connectivity index (χ3v) is 2.47. The molecule has 0 bridgehead atoms. The largest absolute Gasteiger partial charge is 0.497 e. The van der Waals surface area contributed by atoms with Crippen LogP contribution in [0.1, 0.15) is 0 Å². The van der Waals surface area contributed by atoms with E-state index in [2.05, 4.69) is 4.98 Å². The predicted molar refractivity (Wildman–Crippen MR) is 65.8 cm³/mol. The molecule has 1 aromatic carbocycles. The second kappa shape index (κ2) is 4.79. The monoisotopic (exact) mass is 248 g/mol. The number of benzene rings is 1. The summed E-state index contributed by atoms with van der Waals surface area (Å²) in [5, 5.41) is 0. The zero-order valence-electron chi connectivity index (χ0n) is 9.97. The Morgan fingerprint density at radius 1 is 1.11 bits per heavy atom. The minimum atomic E-state index is -0.522. The molecule has 1 aromatic heterocycles. The smallest absolute Gasteiger partial charge is 0.333 e. The van der Waals surface area contributed by atoms with Crippen LogP contribution >= 0.6 is 0 Å². The quantitative estimate of drug-likeness (QED) is 0.860. The molecule has 0 amide bonds. The molecule has 1 N–H and O–H groups in total. The molecule has 0 spiro atoms. The van der Waals surface area contributed by atoms with Crippen molar-refractivity contribution in [2.75, 3.05) is 14.2 Å². The minimum Gasteiger partial charge on any atom is -0.497 e. The van der Waals surface area contributed by atoms with Crippen LogP contribution in [0.25, 0.3) is 5.69 Å². The van der Waals surface area contributed by atoms with Gasteiger partial charge in [-0.15, -0.1) is 0 Å². The molecule has 6 nitrogen and oxygen atoms in total. The van der Waals surface area contributed by atoms with E-state index in [1.54, 1.807) is 25.3 Å². The van der Waals surface area contributed by atoms with Gasteiger partial charge in [0.25, 0.3) is 5.56 Å². The first-order valence-electron chi connectivity index (χ1n) is 5.20. The average molecular weight is 248 g/mol. The van der Waals surface area contributed by atoms with Crippen molar-refractivity contribution in [3.05, 3.63) is 51.3 Å². The Hall–Kier alpha value is -2.50. The van der Waals surface area contributed by atoms with E-state index in [0.29, 0.717) is 17.2 Å². The molecule has 2 aromatic rings. The van der Waals surface area contributed by atoms with Crippen LogP contribution in [0.2, 0.25) is 0 Å². The van der Waals surface area contributed by atoms with Gasteiger partial charge in [-0.1, -0.05) is 0 Å². The van der Waals surface area contributed by atoms with Crippen molar-refractivity contribution in [3.8, 4) is 17.2 Å². The molecular weight excluding hydrogens is 236 g/mol. The van der Waals surface area contributed by atoms with E-state index in [9.17, 15) is 9.59 Å². The van der Waals surface area contributed by atoms with Gasteiger partial charge in [0.05, 0.1) is 19.9 Å². The number of nitrogens with zero attached hydrogens (tertiary/aromatic N) is 1. The molecule has 6 heteroatoms. The molecule has 0 radical (unpaired) electrons. The summed E-state index contributed by atoms with van der Waals surface area (Å²) in [5.74, 6) is 1.09. The third-order valence-electron chi connectivity index (χ3n) is 2.47. The van der Waals surface area contributed by atoms with Gasteiger partial charge in [-0.05, 0) is 12.1 Å². The van der Waals surface area contributed by atoms with Crippen molar-refractivity contribution in [2.24, 2.45) is 0 Å². The summed E-state index contributed by atoms with van der Waals surface area (Å²) in [7, 11) is 3.04. The van der Waals surface area contributed by atoms with Gasteiger partial charge in [0.1, 0.15) is 11.5 Å². The Morgan fingerprint density at radius 2 is 1.89 bits per heavy atom. The molecule has 0 unspecified atom stereocenters. The molecule has 0 aliphatic heterocycles. The van der Waals surface area contributed by atoms with Crippen molar-refractivity contribution in [3.63, 3.8) is 0 Å². The number of methoxy groups -OCH3 is 2. The van der Waals surface area contributed by atoms with E-state index in [1.165, 1.54) is 23.9 Å². The molecule has 0 saturated heterocycles. The Kier molecular flexibility index (Phi) is 3.18. The fraction of sp³-hybridized carbons (Fsp3) is 0.167. The summed E-state index contributed by atoms with van der Waals surface area (Å²) in [5.41, 5.74) is -0.436. The van der Waals surface area contributed by atoms with Crippen LogP contribution in [0.15, 0.2) is 40.1 Å². The maximum absolute atomic E-state index is 11.7.